The minimum atomic E-state index is -0.189. The lowest BCUT2D eigenvalue weighted by molar-refractivity contribution is 0.0959. The topological polar surface area (TPSA) is 80.0 Å². The molecule has 5 nitrogen and oxygen atoms in total. The molecule has 0 saturated carbocycles. The van der Waals surface area contributed by atoms with Crippen LogP contribution in [0.25, 0.3) is 0 Å². The van der Waals surface area contributed by atoms with E-state index >= 15 is 0 Å². The summed E-state index contributed by atoms with van der Waals surface area (Å²) in [6.45, 7) is 7.31. The molecule has 0 aliphatic heterocycles. The van der Waals surface area contributed by atoms with Crippen molar-refractivity contribution in [2.24, 2.45) is 5.92 Å². The lowest BCUT2D eigenvalue weighted by Crippen LogP contribution is -2.24. The molecule has 0 aliphatic carbocycles. The predicted molar refractivity (Wildman–Crippen MR) is 80.3 cm³/mol. The molecule has 1 rings (SSSR count). The number of carbonyl (C=O) groups is 1. The monoisotopic (exact) mass is 280 g/mol. The van der Waals surface area contributed by atoms with Gasteiger partial charge >= 0.3 is 0 Å². The van der Waals surface area contributed by atoms with Gasteiger partial charge in [0, 0.05) is 19.5 Å². The van der Waals surface area contributed by atoms with Crippen LogP contribution in [0.1, 0.15) is 36.9 Å². The largest absolute Gasteiger partial charge is 0.382 e. The summed E-state index contributed by atoms with van der Waals surface area (Å²) in [7, 11) is 0. The molecule has 0 aromatic carbocycles. The Labute approximate surface area is 118 Å². The molecule has 1 heterocycles. The molecular weight excluding hydrogens is 260 g/mol. The van der Waals surface area contributed by atoms with Crippen LogP contribution in [0.3, 0.4) is 0 Å². The van der Waals surface area contributed by atoms with E-state index in [-0.39, 0.29) is 11.7 Å². The van der Waals surface area contributed by atoms with Crippen molar-refractivity contribution in [2.45, 2.75) is 27.2 Å². The summed E-state index contributed by atoms with van der Waals surface area (Å²) in [4.78, 5) is 16.5. The fourth-order valence-electron chi connectivity index (χ4n) is 1.31. The second kappa shape index (κ2) is 7.64. The fourth-order valence-corrected chi connectivity index (χ4v) is 2.11. The zero-order valence-electron chi connectivity index (χ0n) is 11.5. The van der Waals surface area contributed by atoms with Gasteiger partial charge in [-0.15, -0.1) is 11.8 Å². The minimum absolute atomic E-state index is 0.189. The van der Waals surface area contributed by atoms with Crippen molar-refractivity contribution >= 4 is 28.2 Å². The first kappa shape index (κ1) is 15.3. The lowest BCUT2D eigenvalue weighted by Gasteiger charge is -2.04. The molecule has 0 bridgehead atoms. The molecule has 104 valence electrons. The van der Waals surface area contributed by atoms with Gasteiger partial charge in [0.05, 0.1) is 0 Å². The standard InChI is InChI=1S/C13H20N4OS/c1-4-5-6-7-15-12(18)10-11(14)17-13(19-10)16-8-9(2)3/h9H,6-8,14H2,1-3H3,(H,15,18)(H,16,17). The van der Waals surface area contributed by atoms with Crippen LogP contribution in [0.2, 0.25) is 0 Å². The number of nitrogens with zero attached hydrogens (tertiary/aromatic N) is 1. The molecule has 0 fully saturated rings. The maximum atomic E-state index is 11.9. The lowest BCUT2D eigenvalue weighted by atomic mass is 10.2. The van der Waals surface area contributed by atoms with Crippen LogP contribution in [0.15, 0.2) is 0 Å². The summed E-state index contributed by atoms with van der Waals surface area (Å²) in [6.07, 6.45) is 0.638. The van der Waals surface area contributed by atoms with E-state index in [2.05, 4.69) is 41.3 Å². The number of nitrogens with one attached hydrogen (secondary N) is 2. The minimum Gasteiger partial charge on any atom is -0.382 e. The number of hydrogen-bond donors (Lipinski definition) is 3. The Balaban J connectivity index is 2.56. The molecule has 1 aromatic heterocycles. The number of anilines is 2. The Morgan fingerprint density at radius 1 is 1.53 bits per heavy atom. The first-order valence-electron chi connectivity index (χ1n) is 6.22. The maximum absolute atomic E-state index is 11.9. The quantitative estimate of drug-likeness (QED) is 0.549. The average molecular weight is 280 g/mol. The van der Waals surface area contributed by atoms with Crippen LogP contribution in [0, 0.1) is 17.8 Å². The summed E-state index contributed by atoms with van der Waals surface area (Å²) in [5.41, 5.74) is 5.75. The van der Waals surface area contributed by atoms with Crippen LogP contribution in [0.4, 0.5) is 10.9 Å². The first-order valence-corrected chi connectivity index (χ1v) is 7.04. The van der Waals surface area contributed by atoms with Gasteiger partial charge in [0.2, 0.25) is 0 Å². The Morgan fingerprint density at radius 3 is 2.89 bits per heavy atom. The van der Waals surface area contributed by atoms with Crippen LogP contribution in [0.5, 0.6) is 0 Å². The maximum Gasteiger partial charge on any atom is 0.265 e. The molecule has 0 aliphatic rings. The second-order valence-corrected chi connectivity index (χ2v) is 5.44. The number of aromatic nitrogens is 1. The van der Waals surface area contributed by atoms with Gasteiger partial charge in [-0.1, -0.05) is 25.2 Å². The zero-order valence-corrected chi connectivity index (χ0v) is 12.4. The van der Waals surface area contributed by atoms with Crippen LogP contribution in [-0.4, -0.2) is 24.0 Å². The van der Waals surface area contributed by atoms with Crippen molar-refractivity contribution < 1.29 is 4.79 Å². The fraction of sp³-hybridized carbons (Fsp3) is 0.538. The van der Waals surface area contributed by atoms with E-state index < -0.39 is 0 Å². The normalized spacial score (nSPS) is 9.89. The summed E-state index contributed by atoms with van der Waals surface area (Å²) >= 11 is 1.28. The molecule has 1 aromatic rings. The van der Waals surface area contributed by atoms with Gasteiger partial charge in [0.25, 0.3) is 5.91 Å². The van der Waals surface area contributed by atoms with Crippen molar-refractivity contribution in [3.05, 3.63) is 4.88 Å². The number of amides is 1. The van der Waals surface area contributed by atoms with Gasteiger partial charge in [0.15, 0.2) is 5.13 Å². The number of rotatable bonds is 6. The number of nitrogens with two attached hydrogens (primary N) is 1. The highest BCUT2D eigenvalue weighted by atomic mass is 32.1. The van der Waals surface area contributed by atoms with E-state index in [4.69, 9.17) is 5.73 Å². The highest BCUT2D eigenvalue weighted by Crippen LogP contribution is 2.24. The molecule has 1 amide bonds. The Morgan fingerprint density at radius 2 is 2.26 bits per heavy atom. The first-order chi connectivity index (χ1) is 9.04. The molecular formula is C13H20N4OS. The average Bonchev–Trinajstić information content (AvgIpc) is 2.73. The zero-order chi connectivity index (χ0) is 14.3. The van der Waals surface area contributed by atoms with Crippen LogP contribution in [-0.2, 0) is 0 Å². The number of carbonyl (C=O) groups excluding carboxylic acids is 1. The molecule has 6 heteroatoms. The molecule has 4 N–H and O–H groups in total. The number of hydrogen-bond acceptors (Lipinski definition) is 5. The van der Waals surface area contributed by atoms with Crippen molar-refractivity contribution in [1.82, 2.24) is 10.3 Å². The highest BCUT2D eigenvalue weighted by molar-refractivity contribution is 7.18. The summed E-state index contributed by atoms with van der Waals surface area (Å²) < 4.78 is 0. The highest BCUT2D eigenvalue weighted by Gasteiger charge is 2.15. The second-order valence-electron chi connectivity index (χ2n) is 4.44. The van der Waals surface area contributed by atoms with Crippen molar-refractivity contribution in [3.8, 4) is 11.8 Å². The molecule has 0 saturated heterocycles. The Kier molecular flexibility index (Phi) is 6.16. The van der Waals surface area contributed by atoms with Crippen molar-refractivity contribution in [2.75, 3.05) is 24.1 Å². The van der Waals surface area contributed by atoms with Gasteiger partial charge in [-0.2, -0.15) is 0 Å². The number of nitrogen functional groups attached to an aromatic ring is 1. The van der Waals surface area contributed by atoms with Gasteiger partial charge in [-0.3, -0.25) is 4.79 Å². The predicted octanol–water partition coefficient (Wildman–Crippen LogP) is 1.94. The molecule has 0 atom stereocenters. The van der Waals surface area contributed by atoms with Gasteiger partial charge in [-0.05, 0) is 12.8 Å². The third-order valence-corrected chi connectivity index (χ3v) is 3.26. The Hall–Kier alpha value is -1.74. The van der Waals surface area contributed by atoms with Gasteiger partial charge < -0.3 is 16.4 Å². The Bertz CT molecular complexity index is 485. The SMILES string of the molecule is CC#CCCNC(=O)c1sc(NCC(C)C)nc1N. The van der Waals surface area contributed by atoms with E-state index in [1.54, 1.807) is 6.92 Å². The third-order valence-electron chi connectivity index (χ3n) is 2.23. The summed E-state index contributed by atoms with van der Waals surface area (Å²) in [6, 6.07) is 0. The van der Waals surface area contributed by atoms with Crippen molar-refractivity contribution in [1.29, 1.82) is 0 Å². The van der Waals surface area contributed by atoms with Gasteiger partial charge in [-0.25, -0.2) is 4.98 Å². The molecule has 19 heavy (non-hydrogen) atoms. The van der Waals surface area contributed by atoms with Gasteiger partial charge in [0.1, 0.15) is 10.7 Å². The van der Waals surface area contributed by atoms with Crippen molar-refractivity contribution in [3.63, 3.8) is 0 Å². The van der Waals surface area contributed by atoms with E-state index in [9.17, 15) is 4.79 Å². The summed E-state index contributed by atoms with van der Waals surface area (Å²) in [5, 5.41) is 6.62. The molecule has 0 radical (unpaired) electrons. The molecule has 0 spiro atoms. The van der Waals surface area contributed by atoms with E-state index in [0.717, 1.165) is 6.54 Å². The third kappa shape index (κ3) is 5.18. The smallest absolute Gasteiger partial charge is 0.265 e. The van der Waals surface area contributed by atoms with E-state index in [0.29, 0.717) is 28.9 Å². The number of thiazole rings is 1. The van der Waals surface area contributed by atoms with E-state index in [1.807, 2.05) is 0 Å². The summed E-state index contributed by atoms with van der Waals surface area (Å²) in [5.74, 6) is 6.26. The van der Waals surface area contributed by atoms with Crippen LogP contribution < -0.4 is 16.4 Å². The van der Waals surface area contributed by atoms with E-state index in [1.165, 1.54) is 11.3 Å². The molecule has 0 unspecified atom stereocenters. The van der Waals surface area contributed by atoms with Crippen LogP contribution >= 0.6 is 11.3 Å².